The van der Waals surface area contributed by atoms with Crippen molar-refractivity contribution >= 4 is 39.6 Å². The molecule has 2 N–H and O–H groups in total. The lowest BCUT2D eigenvalue weighted by molar-refractivity contribution is 0.186. The summed E-state index contributed by atoms with van der Waals surface area (Å²) in [5.74, 6) is -1.14. The molecule has 0 amide bonds. The van der Waals surface area contributed by atoms with E-state index in [2.05, 4.69) is 43.8 Å². The van der Waals surface area contributed by atoms with E-state index < -0.39 is 17.7 Å². The predicted octanol–water partition coefficient (Wildman–Crippen LogP) is 7.23. The molecular formula is C32H29ClF2N8. The molecule has 3 aromatic carbocycles. The average Bonchev–Trinajstić information content (AvgIpc) is 3.52. The number of nitriles is 1. The molecule has 1 atom stereocenters. The molecule has 218 valence electrons. The van der Waals surface area contributed by atoms with Gasteiger partial charge in [0.05, 0.1) is 34.6 Å². The summed E-state index contributed by atoms with van der Waals surface area (Å²) in [5.41, 5.74) is 3.15. The summed E-state index contributed by atoms with van der Waals surface area (Å²) in [5, 5.41) is 25.7. The minimum atomic E-state index is -0.569. The molecule has 0 spiro atoms. The van der Waals surface area contributed by atoms with Crippen molar-refractivity contribution in [1.82, 2.24) is 24.9 Å². The van der Waals surface area contributed by atoms with Gasteiger partial charge in [-0.2, -0.15) is 5.26 Å². The van der Waals surface area contributed by atoms with Crippen molar-refractivity contribution in [1.29, 1.82) is 5.26 Å². The number of fused-ring (bicyclic) bond motifs is 1. The Morgan fingerprint density at radius 2 is 1.84 bits per heavy atom. The van der Waals surface area contributed by atoms with E-state index in [-0.39, 0.29) is 22.1 Å². The Morgan fingerprint density at radius 3 is 2.56 bits per heavy atom. The predicted molar refractivity (Wildman–Crippen MR) is 163 cm³/mol. The number of hydrogen-bond donors (Lipinski definition) is 2. The van der Waals surface area contributed by atoms with Crippen LogP contribution < -0.4 is 10.6 Å². The Labute approximate surface area is 252 Å². The quantitative estimate of drug-likeness (QED) is 0.194. The first-order valence-corrected chi connectivity index (χ1v) is 14.5. The minimum Gasteiger partial charge on any atom is -0.373 e. The van der Waals surface area contributed by atoms with Crippen LogP contribution >= 0.6 is 11.6 Å². The lowest BCUT2D eigenvalue weighted by Crippen LogP contribution is -2.34. The SMILES string of the molecule is CCN1CCC(n2cc([C@@H](Nc3cc(F)c4ncc(C#N)c(Nc5ccc(F)c(Cl)c5)c4c3)c3ccccc3)nn2)CC1. The van der Waals surface area contributed by atoms with Crippen molar-refractivity contribution in [3.05, 3.63) is 107 Å². The Kier molecular flexibility index (Phi) is 8.18. The van der Waals surface area contributed by atoms with Gasteiger partial charge in [-0.1, -0.05) is 54.1 Å². The van der Waals surface area contributed by atoms with Gasteiger partial charge in [0.1, 0.15) is 23.1 Å². The highest BCUT2D eigenvalue weighted by atomic mass is 35.5. The fourth-order valence-electron chi connectivity index (χ4n) is 5.52. The topological polar surface area (TPSA) is 94.7 Å². The van der Waals surface area contributed by atoms with Gasteiger partial charge in [-0.15, -0.1) is 5.10 Å². The molecule has 1 fully saturated rings. The normalized spacial score (nSPS) is 14.9. The second-order valence-corrected chi connectivity index (χ2v) is 11.0. The van der Waals surface area contributed by atoms with Gasteiger partial charge in [0.25, 0.3) is 0 Å². The maximum Gasteiger partial charge on any atom is 0.151 e. The summed E-state index contributed by atoms with van der Waals surface area (Å²) in [6, 6.07) is 19.0. The molecule has 5 aromatic rings. The lowest BCUT2D eigenvalue weighted by atomic mass is 10.0. The van der Waals surface area contributed by atoms with Crippen LogP contribution in [0.25, 0.3) is 10.9 Å². The highest BCUT2D eigenvalue weighted by Crippen LogP contribution is 2.35. The van der Waals surface area contributed by atoms with E-state index in [1.165, 1.54) is 30.5 Å². The molecule has 1 saturated heterocycles. The van der Waals surface area contributed by atoms with Crippen molar-refractivity contribution in [2.45, 2.75) is 31.8 Å². The molecule has 3 heterocycles. The van der Waals surface area contributed by atoms with E-state index in [4.69, 9.17) is 11.6 Å². The van der Waals surface area contributed by atoms with E-state index >= 15 is 4.39 Å². The molecule has 6 rings (SSSR count). The second kappa shape index (κ2) is 12.3. The van der Waals surface area contributed by atoms with Crippen LogP contribution in [0.15, 0.2) is 73.1 Å². The number of halogens is 3. The number of anilines is 3. The lowest BCUT2D eigenvalue weighted by Gasteiger charge is -2.30. The van der Waals surface area contributed by atoms with Crippen LogP contribution in [-0.4, -0.2) is 44.5 Å². The molecule has 0 unspecified atom stereocenters. The molecule has 2 aromatic heterocycles. The number of benzene rings is 3. The van der Waals surface area contributed by atoms with E-state index in [1.807, 2.05) is 41.2 Å². The zero-order valence-electron chi connectivity index (χ0n) is 23.4. The Balaban J connectivity index is 1.37. The molecule has 0 radical (unpaired) electrons. The summed E-state index contributed by atoms with van der Waals surface area (Å²) in [6.07, 6.45) is 5.27. The summed E-state index contributed by atoms with van der Waals surface area (Å²) < 4.78 is 31.3. The van der Waals surface area contributed by atoms with Crippen molar-refractivity contribution in [2.75, 3.05) is 30.3 Å². The Hall–Kier alpha value is -4.59. The number of rotatable bonds is 8. The second-order valence-electron chi connectivity index (χ2n) is 10.5. The number of pyridine rings is 1. The molecule has 0 aliphatic carbocycles. The zero-order chi connectivity index (χ0) is 29.9. The van der Waals surface area contributed by atoms with Crippen LogP contribution in [0.2, 0.25) is 5.02 Å². The van der Waals surface area contributed by atoms with Crippen molar-refractivity contribution in [3.63, 3.8) is 0 Å². The fraction of sp³-hybridized carbons (Fsp3) is 0.250. The first-order valence-electron chi connectivity index (χ1n) is 14.1. The molecule has 1 aliphatic heterocycles. The van der Waals surface area contributed by atoms with Crippen LogP contribution in [0.3, 0.4) is 0 Å². The highest BCUT2D eigenvalue weighted by molar-refractivity contribution is 6.31. The number of aromatic nitrogens is 4. The summed E-state index contributed by atoms with van der Waals surface area (Å²) in [7, 11) is 0. The molecule has 11 heteroatoms. The molecule has 8 nitrogen and oxygen atoms in total. The minimum absolute atomic E-state index is 0.0786. The average molecular weight is 599 g/mol. The van der Waals surface area contributed by atoms with Crippen LogP contribution in [0.1, 0.15) is 48.7 Å². The molecular weight excluding hydrogens is 570 g/mol. The number of nitrogens with one attached hydrogen (secondary N) is 2. The van der Waals surface area contributed by atoms with Gasteiger partial charge in [-0.05, 0) is 55.3 Å². The number of nitrogens with zero attached hydrogens (tertiary/aromatic N) is 6. The van der Waals surface area contributed by atoms with Crippen molar-refractivity contribution in [2.24, 2.45) is 0 Å². The standard InChI is InChI=1S/C32H29ClF2N8/c1-2-42-12-10-24(11-13-42)43-19-29(40-41-43)31(20-6-4-3-5-7-20)39-23-14-25-30(38-22-8-9-27(34)26(33)15-22)21(17-36)18-37-32(25)28(35)16-23/h3-9,14-16,18-19,24,31,39H,2,10-13H2,1H3,(H,37,38)/t31-/m0/s1. The molecule has 43 heavy (non-hydrogen) atoms. The van der Waals surface area contributed by atoms with E-state index in [1.54, 1.807) is 6.07 Å². The molecule has 0 bridgehead atoms. The summed E-state index contributed by atoms with van der Waals surface area (Å²) >= 11 is 5.98. The number of piperidine rings is 1. The van der Waals surface area contributed by atoms with Gasteiger partial charge in [-0.3, -0.25) is 4.98 Å². The van der Waals surface area contributed by atoms with Crippen LogP contribution in [0, 0.1) is 23.0 Å². The number of likely N-dealkylation sites (tertiary alicyclic amines) is 1. The van der Waals surface area contributed by atoms with E-state index in [9.17, 15) is 9.65 Å². The van der Waals surface area contributed by atoms with Gasteiger partial charge < -0.3 is 15.5 Å². The van der Waals surface area contributed by atoms with Crippen molar-refractivity contribution < 1.29 is 8.78 Å². The van der Waals surface area contributed by atoms with Crippen LogP contribution in [0.5, 0.6) is 0 Å². The van der Waals surface area contributed by atoms with E-state index in [0.29, 0.717) is 28.1 Å². The molecule has 1 aliphatic rings. The number of hydrogen-bond acceptors (Lipinski definition) is 7. The first-order chi connectivity index (χ1) is 20.9. The third kappa shape index (κ3) is 6.00. The van der Waals surface area contributed by atoms with Gasteiger partial charge in [0, 0.05) is 36.0 Å². The van der Waals surface area contributed by atoms with Gasteiger partial charge in [-0.25, -0.2) is 13.5 Å². The van der Waals surface area contributed by atoms with Gasteiger partial charge in [0.15, 0.2) is 5.82 Å². The van der Waals surface area contributed by atoms with Gasteiger partial charge in [0.2, 0.25) is 0 Å². The molecule has 0 saturated carbocycles. The van der Waals surface area contributed by atoms with E-state index in [0.717, 1.165) is 38.0 Å². The maximum absolute atomic E-state index is 15.6. The zero-order valence-corrected chi connectivity index (χ0v) is 24.2. The monoisotopic (exact) mass is 598 g/mol. The largest absolute Gasteiger partial charge is 0.373 e. The fourth-order valence-corrected chi connectivity index (χ4v) is 5.70. The third-order valence-electron chi connectivity index (χ3n) is 7.88. The maximum atomic E-state index is 15.6. The summed E-state index contributed by atoms with van der Waals surface area (Å²) in [4.78, 5) is 6.64. The smallest absolute Gasteiger partial charge is 0.151 e. The Morgan fingerprint density at radius 1 is 1.05 bits per heavy atom. The third-order valence-corrected chi connectivity index (χ3v) is 8.17. The van der Waals surface area contributed by atoms with Crippen LogP contribution in [-0.2, 0) is 0 Å². The van der Waals surface area contributed by atoms with Crippen molar-refractivity contribution in [3.8, 4) is 6.07 Å². The van der Waals surface area contributed by atoms with Gasteiger partial charge >= 0.3 is 0 Å². The first kappa shape index (κ1) is 28.5. The summed E-state index contributed by atoms with van der Waals surface area (Å²) in [6.45, 7) is 5.25. The Bertz CT molecular complexity index is 1800. The highest BCUT2D eigenvalue weighted by Gasteiger charge is 2.24. The van der Waals surface area contributed by atoms with Crippen LogP contribution in [0.4, 0.5) is 25.8 Å².